The highest BCUT2D eigenvalue weighted by Gasteiger charge is 2.37. The molecule has 0 spiro atoms. The van der Waals surface area contributed by atoms with Gasteiger partial charge in [0.1, 0.15) is 24.5 Å². The first-order valence-corrected chi connectivity index (χ1v) is 11.6. The largest absolute Gasteiger partial charge is 0.467 e. The number of nitrogens with zero attached hydrogens (tertiary/aromatic N) is 1. The lowest BCUT2D eigenvalue weighted by atomic mass is 9.93. The lowest BCUT2D eigenvalue weighted by Gasteiger charge is -2.35. The topological polar surface area (TPSA) is 84.9 Å². The standard InChI is InChI=1S/C28H27FN2O5/c1-35-27(33)24(15-21-12-7-8-14-23(21)29)30-26(32)25-16-20-11-5-6-13-22(20)17-31(25)28(34)36-18-19-9-3-2-4-10-19/h2-14,24-25H,15-18H2,1H3,(H,30,32)/t24-,25+/m1/s1. The van der Waals surface area contributed by atoms with Crippen LogP contribution in [0.1, 0.15) is 22.3 Å². The number of hydrogen-bond acceptors (Lipinski definition) is 5. The van der Waals surface area contributed by atoms with Crippen LogP contribution in [-0.4, -0.2) is 42.1 Å². The van der Waals surface area contributed by atoms with E-state index in [1.807, 2.05) is 54.6 Å². The number of carbonyl (C=O) groups excluding carboxylic acids is 3. The van der Waals surface area contributed by atoms with Gasteiger partial charge in [0, 0.05) is 12.8 Å². The minimum absolute atomic E-state index is 0.0598. The molecule has 2 atom stereocenters. The third-order valence-electron chi connectivity index (χ3n) is 6.17. The molecule has 8 heteroatoms. The molecule has 4 rings (SSSR count). The van der Waals surface area contributed by atoms with Crippen molar-refractivity contribution in [1.29, 1.82) is 0 Å². The summed E-state index contributed by atoms with van der Waals surface area (Å²) in [6.07, 6.45) is -0.486. The van der Waals surface area contributed by atoms with Gasteiger partial charge < -0.3 is 14.8 Å². The molecule has 1 aliphatic heterocycles. The molecule has 1 aliphatic rings. The molecule has 0 radical (unpaired) electrons. The second-order valence-corrected chi connectivity index (χ2v) is 8.54. The SMILES string of the molecule is COC(=O)[C@@H](Cc1ccccc1F)NC(=O)[C@@H]1Cc2ccccc2CN1C(=O)OCc1ccccc1. The Kier molecular flexibility index (Phi) is 7.95. The van der Waals surface area contributed by atoms with Crippen molar-refractivity contribution in [2.45, 2.75) is 38.1 Å². The van der Waals surface area contributed by atoms with Crippen LogP contribution in [0.3, 0.4) is 0 Å². The van der Waals surface area contributed by atoms with Crippen molar-refractivity contribution in [2.24, 2.45) is 0 Å². The number of amides is 2. The molecule has 3 aromatic carbocycles. The van der Waals surface area contributed by atoms with Crippen molar-refractivity contribution in [3.63, 3.8) is 0 Å². The van der Waals surface area contributed by atoms with Crippen LogP contribution in [0.15, 0.2) is 78.9 Å². The Balaban J connectivity index is 1.54. The average molecular weight is 491 g/mol. The maximum absolute atomic E-state index is 14.2. The first-order valence-electron chi connectivity index (χ1n) is 11.6. The number of nitrogens with one attached hydrogen (secondary N) is 1. The molecular formula is C28H27FN2O5. The van der Waals surface area contributed by atoms with Crippen LogP contribution in [-0.2, 0) is 45.1 Å². The number of hydrogen-bond donors (Lipinski definition) is 1. The third kappa shape index (κ3) is 5.89. The average Bonchev–Trinajstić information content (AvgIpc) is 2.91. The molecule has 36 heavy (non-hydrogen) atoms. The van der Waals surface area contributed by atoms with E-state index in [9.17, 15) is 18.8 Å². The highest BCUT2D eigenvalue weighted by atomic mass is 19.1. The summed E-state index contributed by atoms with van der Waals surface area (Å²) in [5.41, 5.74) is 2.92. The molecule has 0 aliphatic carbocycles. The van der Waals surface area contributed by atoms with Gasteiger partial charge in [0.2, 0.25) is 5.91 Å². The van der Waals surface area contributed by atoms with Crippen LogP contribution in [0.5, 0.6) is 0 Å². The number of methoxy groups -OCH3 is 1. The second kappa shape index (κ2) is 11.5. The van der Waals surface area contributed by atoms with Gasteiger partial charge in [0.05, 0.1) is 13.7 Å². The van der Waals surface area contributed by atoms with E-state index in [0.29, 0.717) is 0 Å². The number of ether oxygens (including phenoxy) is 2. The molecule has 0 unspecified atom stereocenters. The lowest BCUT2D eigenvalue weighted by molar-refractivity contribution is -0.145. The Morgan fingerprint density at radius 3 is 2.36 bits per heavy atom. The van der Waals surface area contributed by atoms with Gasteiger partial charge in [-0.15, -0.1) is 0 Å². The number of rotatable bonds is 7. The van der Waals surface area contributed by atoms with E-state index in [-0.39, 0.29) is 31.6 Å². The third-order valence-corrected chi connectivity index (χ3v) is 6.17. The minimum atomic E-state index is -1.13. The normalized spacial score (nSPS) is 15.4. The Morgan fingerprint density at radius 1 is 0.972 bits per heavy atom. The van der Waals surface area contributed by atoms with Gasteiger partial charge in [-0.2, -0.15) is 0 Å². The number of esters is 1. The van der Waals surface area contributed by atoms with Crippen LogP contribution in [0.4, 0.5) is 9.18 Å². The zero-order valence-electron chi connectivity index (χ0n) is 19.9. The predicted octanol–water partition coefficient (Wildman–Crippen LogP) is 3.79. The molecule has 1 heterocycles. The van der Waals surface area contributed by atoms with Crippen molar-refractivity contribution in [2.75, 3.05) is 7.11 Å². The van der Waals surface area contributed by atoms with Gasteiger partial charge in [-0.3, -0.25) is 9.69 Å². The zero-order chi connectivity index (χ0) is 25.5. The van der Waals surface area contributed by atoms with Crippen molar-refractivity contribution in [1.82, 2.24) is 10.2 Å². The van der Waals surface area contributed by atoms with Gasteiger partial charge in [-0.1, -0.05) is 72.8 Å². The molecular weight excluding hydrogens is 463 g/mol. The molecule has 0 saturated heterocycles. The van der Waals surface area contributed by atoms with Crippen LogP contribution < -0.4 is 5.32 Å². The van der Waals surface area contributed by atoms with E-state index in [0.717, 1.165) is 16.7 Å². The maximum Gasteiger partial charge on any atom is 0.411 e. The summed E-state index contributed by atoms with van der Waals surface area (Å²) in [5.74, 6) is -1.74. The Labute approximate surface area is 208 Å². The number of benzene rings is 3. The fourth-order valence-electron chi connectivity index (χ4n) is 4.24. The molecule has 0 aromatic heterocycles. The fourth-order valence-corrected chi connectivity index (χ4v) is 4.24. The van der Waals surface area contributed by atoms with Gasteiger partial charge >= 0.3 is 12.1 Å². The Hall–Kier alpha value is -4.20. The number of fused-ring (bicyclic) bond motifs is 1. The Bertz CT molecular complexity index is 1230. The molecule has 0 bridgehead atoms. The molecule has 7 nitrogen and oxygen atoms in total. The van der Waals surface area contributed by atoms with E-state index in [1.165, 1.54) is 18.1 Å². The molecule has 186 valence electrons. The Morgan fingerprint density at radius 2 is 1.64 bits per heavy atom. The first-order chi connectivity index (χ1) is 17.5. The predicted molar refractivity (Wildman–Crippen MR) is 130 cm³/mol. The van der Waals surface area contributed by atoms with Crippen molar-refractivity contribution in [3.8, 4) is 0 Å². The summed E-state index contributed by atoms with van der Waals surface area (Å²) in [7, 11) is 1.20. The lowest BCUT2D eigenvalue weighted by Crippen LogP contribution is -2.56. The molecule has 1 N–H and O–H groups in total. The van der Waals surface area contributed by atoms with Gasteiger partial charge in [0.15, 0.2) is 0 Å². The monoisotopic (exact) mass is 490 g/mol. The summed E-state index contributed by atoms with van der Waals surface area (Å²) in [6, 6.07) is 20.8. The van der Waals surface area contributed by atoms with Crippen LogP contribution in [0.25, 0.3) is 0 Å². The summed E-state index contributed by atoms with van der Waals surface area (Å²) in [5, 5.41) is 2.67. The highest BCUT2D eigenvalue weighted by Crippen LogP contribution is 2.25. The quantitative estimate of drug-likeness (QED) is 0.510. The van der Waals surface area contributed by atoms with Crippen LogP contribution >= 0.6 is 0 Å². The second-order valence-electron chi connectivity index (χ2n) is 8.54. The van der Waals surface area contributed by atoms with Gasteiger partial charge in [-0.05, 0) is 28.3 Å². The minimum Gasteiger partial charge on any atom is -0.467 e. The van der Waals surface area contributed by atoms with Gasteiger partial charge in [-0.25, -0.2) is 14.0 Å². The summed E-state index contributed by atoms with van der Waals surface area (Å²) >= 11 is 0. The van der Waals surface area contributed by atoms with E-state index < -0.39 is 35.9 Å². The highest BCUT2D eigenvalue weighted by molar-refractivity contribution is 5.90. The first kappa shape index (κ1) is 24.9. The fraction of sp³-hybridized carbons (Fsp3) is 0.250. The van der Waals surface area contributed by atoms with Crippen molar-refractivity contribution >= 4 is 18.0 Å². The molecule has 2 amide bonds. The number of carbonyl (C=O) groups is 3. The van der Waals surface area contributed by atoms with Crippen LogP contribution in [0, 0.1) is 5.82 Å². The molecule has 0 fully saturated rings. The van der Waals surface area contributed by atoms with E-state index in [4.69, 9.17) is 9.47 Å². The summed E-state index contributed by atoms with van der Waals surface area (Å²) in [6.45, 7) is 0.238. The summed E-state index contributed by atoms with van der Waals surface area (Å²) in [4.78, 5) is 40.3. The van der Waals surface area contributed by atoms with E-state index >= 15 is 0 Å². The van der Waals surface area contributed by atoms with Crippen molar-refractivity contribution in [3.05, 3.63) is 107 Å². The molecule has 3 aromatic rings. The molecule has 0 saturated carbocycles. The van der Waals surface area contributed by atoms with E-state index in [2.05, 4.69) is 5.32 Å². The van der Waals surface area contributed by atoms with E-state index in [1.54, 1.807) is 18.2 Å². The maximum atomic E-state index is 14.2. The zero-order valence-corrected chi connectivity index (χ0v) is 19.9. The van der Waals surface area contributed by atoms with Crippen LogP contribution in [0.2, 0.25) is 0 Å². The van der Waals surface area contributed by atoms with Crippen molar-refractivity contribution < 1.29 is 28.2 Å². The smallest absolute Gasteiger partial charge is 0.411 e. The summed E-state index contributed by atoms with van der Waals surface area (Å²) < 4.78 is 24.6. The number of halogens is 1. The van der Waals surface area contributed by atoms with Gasteiger partial charge in [0.25, 0.3) is 0 Å².